The number of carboxylic acid groups (broad SMARTS) is 1. The third-order valence-corrected chi connectivity index (χ3v) is 10.2. The molecule has 7 nitrogen and oxygen atoms in total. The Balaban J connectivity index is 1.47. The summed E-state index contributed by atoms with van der Waals surface area (Å²) in [6.45, 7) is 2.38. The minimum atomic E-state index is -1.14. The molecular weight excluding hydrogens is 641 g/mol. The van der Waals surface area contributed by atoms with Crippen molar-refractivity contribution in [3.8, 4) is 11.1 Å². The van der Waals surface area contributed by atoms with Crippen LogP contribution in [0.15, 0.2) is 146 Å². The molecule has 1 unspecified atom stereocenters. The summed E-state index contributed by atoms with van der Waals surface area (Å²) in [6, 6.07) is 43.9. The van der Waals surface area contributed by atoms with Crippen molar-refractivity contribution in [2.75, 3.05) is 11.6 Å². The molecule has 252 valence electrons. The van der Waals surface area contributed by atoms with E-state index in [0.29, 0.717) is 12.1 Å². The van der Waals surface area contributed by atoms with Crippen molar-refractivity contribution in [1.29, 1.82) is 0 Å². The van der Waals surface area contributed by atoms with Gasteiger partial charge in [0.05, 0.1) is 11.8 Å². The van der Waals surface area contributed by atoms with Crippen molar-refractivity contribution < 1.29 is 14.7 Å². The quantitative estimate of drug-likeness (QED) is 0.0790. The Morgan fingerprint density at radius 3 is 1.92 bits per heavy atom. The Morgan fingerprint density at radius 2 is 1.38 bits per heavy atom. The molecule has 4 N–H and O–H groups in total. The first-order valence-electron chi connectivity index (χ1n) is 16.5. The lowest BCUT2D eigenvalue weighted by Gasteiger charge is -2.38. The van der Waals surface area contributed by atoms with E-state index in [4.69, 9.17) is 10.7 Å². The standard InChI is InChI=1S/C42H40N4O3S/c1-29-15-12-13-22-33(29)39-34(40(47)37(50-2)27-35(43)41(48)49)23-14-24-36(39)45-28-38-44-25-26-46(38)42(30-16-6-3-7-17-30,31-18-8-4-9-19-31)32-20-10-5-11-21-32/h3-26,35,37,45H,27-28,43H2,1-2H3,(H,48,49)/t35-,37?/m0/s1. The number of thioether (sulfide) groups is 1. The van der Waals surface area contributed by atoms with Crippen LogP contribution in [0.1, 0.15) is 44.9 Å². The molecule has 0 aliphatic rings. The maximum Gasteiger partial charge on any atom is 0.320 e. The van der Waals surface area contributed by atoms with Gasteiger partial charge in [-0.05, 0) is 53.5 Å². The third-order valence-electron chi connectivity index (χ3n) is 9.20. The topological polar surface area (TPSA) is 110 Å². The van der Waals surface area contributed by atoms with Crippen molar-refractivity contribution in [3.63, 3.8) is 0 Å². The molecule has 2 atom stereocenters. The van der Waals surface area contributed by atoms with E-state index in [2.05, 4.69) is 82.7 Å². The number of nitrogens with zero attached hydrogens (tertiary/aromatic N) is 2. The van der Waals surface area contributed by atoms with Gasteiger partial charge in [-0.25, -0.2) is 4.98 Å². The molecule has 0 saturated carbocycles. The maximum absolute atomic E-state index is 14.2. The van der Waals surface area contributed by atoms with E-state index < -0.39 is 22.8 Å². The van der Waals surface area contributed by atoms with Crippen molar-refractivity contribution >= 4 is 29.2 Å². The number of ketones is 1. The molecular formula is C42H40N4O3S. The number of hydrogen-bond donors (Lipinski definition) is 3. The number of nitrogens with one attached hydrogen (secondary N) is 1. The lowest BCUT2D eigenvalue weighted by Crippen LogP contribution is -2.39. The van der Waals surface area contributed by atoms with Gasteiger partial charge in [-0.3, -0.25) is 9.59 Å². The van der Waals surface area contributed by atoms with Crippen LogP contribution in [0, 0.1) is 6.92 Å². The van der Waals surface area contributed by atoms with E-state index in [1.54, 1.807) is 0 Å². The van der Waals surface area contributed by atoms with Crippen LogP contribution in [0.3, 0.4) is 0 Å². The number of rotatable bonds is 14. The second-order valence-electron chi connectivity index (χ2n) is 12.2. The summed E-state index contributed by atoms with van der Waals surface area (Å²) >= 11 is 1.32. The largest absolute Gasteiger partial charge is 0.480 e. The molecule has 0 bridgehead atoms. The van der Waals surface area contributed by atoms with Gasteiger partial charge in [0.25, 0.3) is 0 Å². The predicted octanol–water partition coefficient (Wildman–Crippen LogP) is 8.03. The number of benzene rings is 5. The highest BCUT2D eigenvalue weighted by molar-refractivity contribution is 8.00. The van der Waals surface area contributed by atoms with Gasteiger partial charge in [0.1, 0.15) is 17.4 Å². The first-order valence-corrected chi connectivity index (χ1v) is 17.8. The summed E-state index contributed by atoms with van der Waals surface area (Å²) in [5.41, 5.74) is 12.4. The number of carbonyl (C=O) groups excluding carboxylic acids is 1. The first kappa shape index (κ1) is 34.4. The van der Waals surface area contributed by atoms with Gasteiger partial charge in [0.15, 0.2) is 5.78 Å². The van der Waals surface area contributed by atoms with Gasteiger partial charge in [0.2, 0.25) is 0 Å². The highest BCUT2D eigenvalue weighted by Gasteiger charge is 2.39. The molecule has 6 aromatic rings. The average molecular weight is 681 g/mol. The number of nitrogens with two attached hydrogens (primary N) is 1. The van der Waals surface area contributed by atoms with Crippen molar-refractivity contribution in [2.45, 2.75) is 36.7 Å². The molecule has 0 radical (unpaired) electrons. The fourth-order valence-corrected chi connectivity index (χ4v) is 7.50. The van der Waals surface area contributed by atoms with Crippen molar-refractivity contribution in [3.05, 3.63) is 179 Å². The van der Waals surface area contributed by atoms with Gasteiger partial charge in [-0.1, -0.05) is 127 Å². The van der Waals surface area contributed by atoms with Crippen LogP contribution in [0.5, 0.6) is 0 Å². The van der Waals surface area contributed by atoms with Gasteiger partial charge in [-0.15, -0.1) is 0 Å². The third kappa shape index (κ3) is 6.72. The Bertz CT molecular complexity index is 1970. The first-order chi connectivity index (χ1) is 24.4. The fourth-order valence-electron chi connectivity index (χ4n) is 6.76. The van der Waals surface area contributed by atoms with Crippen LogP contribution >= 0.6 is 11.8 Å². The lowest BCUT2D eigenvalue weighted by atomic mass is 9.76. The second-order valence-corrected chi connectivity index (χ2v) is 13.2. The molecule has 0 amide bonds. The van der Waals surface area contributed by atoms with E-state index >= 15 is 0 Å². The van der Waals surface area contributed by atoms with Crippen LogP contribution in [0.4, 0.5) is 5.69 Å². The van der Waals surface area contributed by atoms with E-state index in [1.807, 2.05) is 86.2 Å². The number of Topliss-reactive ketones (excluding diaryl/α,β-unsaturated/α-hetero) is 1. The molecule has 0 saturated heterocycles. The minimum Gasteiger partial charge on any atom is -0.480 e. The zero-order valence-corrected chi connectivity index (χ0v) is 28.9. The Hall–Kier alpha value is -5.44. The maximum atomic E-state index is 14.2. The molecule has 1 aromatic heterocycles. The summed E-state index contributed by atoms with van der Waals surface area (Å²) in [5, 5.41) is 12.5. The molecule has 0 fully saturated rings. The van der Waals surface area contributed by atoms with E-state index in [-0.39, 0.29) is 12.2 Å². The van der Waals surface area contributed by atoms with E-state index in [9.17, 15) is 14.7 Å². The number of carboxylic acids is 1. The normalized spacial score (nSPS) is 12.6. The summed E-state index contributed by atoms with van der Waals surface area (Å²) in [6.07, 6.45) is 5.70. The minimum absolute atomic E-state index is 0.0260. The highest BCUT2D eigenvalue weighted by atomic mass is 32.2. The van der Waals surface area contributed by atoms with Gasteiger partial charge in [0, 0.05) is 29.2 Å². The molecule has 1 heterocycles. The van der Waals surface area contributed by atoms with Crippen molar-refractivity contribution in [2.24, 2.45) is 5.73 Å². The van der Waals surface area contributed by atoms with Gasteiger partial charge in [-0.2, -0.15) is 11.8 Å². The average Bonchev–Trinajstić information content (AvgIpc) is 3.63. The number of carbonyl (C=O) groups is 2. The monoisotopic (exact) mass is 680 g/mol. The number of aryl methyl sites for hydroxylation is 1. The number of aromatic nitrogens is 2. The zero-order chi connectivity index (χ0) is 35.1. The molecule has 0 aliphatic heterocycles. The van der Waals surface area contributed by atoms with Crippen LogP contribution in [0.25, 0.3) is 11.1 Å². The molecule has 0 aliphatic carbocycles. The Morgan fingerprint density at radius 1 is 0.820 bits per heavy atom. The van der Waals surface area contributed by atoms with E-state index in [1.165, 1.54) is 11.8 Å². The number of imidazole rings is 1. The highest BCUT2D eigenvalue weighted by Crippen LogP contribution is 2.42. The second kappa shape index (κ2) is 15.4. The van der Waals surface area contributed by atoms with Crippen LogP contribution in [-0.2, 0) is 16.9 Å². The smallest absolute Gasteiger partial charge is 0.320 e. The lowest BCUT2D eigenvalue weighted by molar-refractivity contribution is -0.138. The number of hydrogen-bond acceptors (Lipinski definition) is 6. The molecule has 8 heteroatoms. The van der Waals surface area contributed by atoms with E-state index in [0.717, 1.165) is 44.9 Å². The summed E-state index contributed by atoms with van der Waals surface area (Å²) in [4.78, 5) is 30.7. The molecule has 50 heavy (non-hydrogen) atoms. The van der Waals surface area contributed by atoms with Crippen LogP contribution in [0.2, 0.25) is 0 Å². The van der Waals surface area contributed by atoms with Crippen LogP contribution < -0.4 is 11.1 Å². The molecule has 0 spiro atoms. The SMILES string of the molecule is CSC(C[C@H](N)C(=O)O)C(=O)c1cccc(NCc2nccn2C(c2ccccc2)(c2ccccc2)c2ccccc2)c1-c1ccccc1C. The number of aliphatic carboxylic acids is 1. The Kier molecular flexibility index (Phi) is 10.6. The van der Waals surface area contributed by atoms with Gasteiger partial charge >= 0.3 is 5.97 Å². The zero-order valence-electron chi connectivity index (χ0n) is 28.1. The van der Waals surface area contributed by atoms with Crippen molar-refractivity contribution in [1.82, 2.24) is 9.55 Å². The van der Waals surface area contributed by atoms with Gasteiger partial charge < -0.3 is 20.7 Å². The number of anilines is 1. The molecule has 5 aromatic carbocycles. The summed E-state index contributed by atoms with van der Waals surface area (Å²) < 4.78 is 2.24. The summed E-state index contributed by atoms with van der Waals surface area (Å²) in [5.74, 6) is -0.489. The predicted molar refractivity (Wildman–Crippen MR) is 203 cm³/mol. The fraction of sp³-hybridized carbons (Fsp3) is 0.167. The van der Waals surface area contributed by atoms with Crippen LogP contribution in [-0.4, -0.2) is 44.0 Å². The molecule has 6 rings (SSSR count). The Labute approximate surface area is 297 Å². The summed E-state index contributed by atoms with van der Waals surface area (Å²) in [7, 11) is 0.